The fraction of sp³-hybridized carbons (Fsp3) is 0.294. The lowest BCUT2D eigenvalue weighted by Crippen LogP contribution is -2.10. The standard InChI is InChI=1S/C17H21NO2S/c1-14-5-2-3-7-16(14)13-21(19)10-9-20-17-8-4-6-15(11-17)12-18/h2-8,11H,9-10,12-13,18H2,1H3. The fourth-order valence-electron chi connectivity index (χ4n) is 2.03. The summed E-state index contributed by atoms with van der Waals surface area (Å²) in [5, 5.41) is 0. The van der Waals surface area contributed by atoms with Crippen LogP contribution in [-0.2, 0) is 23.1 Å². The molecule has 2 rings (SSSR count). The fourth-order valence-corrected chi connectivity index (χ4v) is 3.12. The van der Waals surface area contributed by atoms with E-state index in [0.29, 0.717) is 24.7 Å². The summed E-state index contributed by atoms with van der Waals surface area (Å²) in [5.74, 6) is 1.89. The first kappa shape index (κ1) is 15.7. The summed E-state index contributed by atoms with van der Waals surface area (Å²) >= 11 is 0. The molecule has 1 atom stereocenters. The molecule has 0 radical (unpaired) electrons. The van der Waals surface area contributed by atoms with Gasteiger partial charge in [0.2, 0.25) is 0 Å². The summed E-state index contributed by atoms with van der Waals surface area (Å²) in [4.78, 5) is 0. The van der Waals surface area contributed by atoms with Gasteiger partial charge in [-0.1, -0.05) is 36.4 Å². The number of aryl methyl sites for hydroxylation is 1. The van der Waals surface area contributed by atoms with Gasteiger partial charge < -0.3 is 10.5 Å². The number of rotatable bonds is 7. The van der Waals surface area contributed by atoms with Gasteiger partial charge in [0.05, 0.1) is 12.4 Å². The Labute approximate surface area is 128 Å². The number of nitrogens with two attached hydrogens (primary N) is 1. The lowest BCUT2D eigenvalue weighted by Gasteiger charge is -2.08. The van der Waals surface area contributed by atoms with Crippen molar-refractivity contribution >= 4 is 10.8 Å². The molecule has 0 aromatic heterocycles. The van der Waals surface area contributed by atoms with E-state index in [1.165, 1.54) is 5.56 Å². The Morgan fingerprint density at radius 2 is 1.95 bits per heavy atom. The molecule has 2 N–H and O–H groups in total. The van der Waals surface area contributed by atoms with Crippen LogP contribution in [0.25, 0.3) is 0 Å². The van der Waals surface area contributed by atoms with Crippen molar-refractivity contribution in [1.29, 1.82) is 0 Å². The number of hydrogen-bond donors (Lipinski definition) is 1. The van der Waals surface area contributed by atoms with Crippen LogP contribution in [0.15, 0.2) is 48.5 Å². The molecule has 1 unspecified atom stereocenters. The van der Waals surface area contributed by atoms with Gasteiger partial charge in [-0.15, -0.1) is 0 Å². The Morgan fingerprint density at radius 1 is 1.14 bits per heavy atom. The molecule has 0 saturated heterocycles. The maximum atomic E-state index is 12.1. The second-order valence-corrected chi connectivity index (χ2v) is 6.49. The third-order valence-corrected chi connectivity index (χ3v) is 4.55. The van der Waals surface area contributed by atoms with Crippen molar-refractivity contribution in [3.63, 3.8) is 0 Å². The van der Waals surface area contributed by atoms with Crippen molar-refractivity contribution in [3.05, 3.63) is 65.2 Å². The first-order valence-electron chi connectivity index (χ1n) is 7.00. The van der Waals surface area contributed by atoms with Crippen LogP contribution < -0.4 is 10.5 Å². The molecule has 112 valence electrons. The minimum Gasteiger partial charge on any atom is -0.493 e. The minimum absolute atomic E-state index is 0.451. The first-order valence-corrected chi connectivity index (χ1v) is 8.49. The molecule has 0 spiro atoms. The minimum atomic E-state index is -0.912. The van der Waals surface area contributed by atoms with Gasteiger partial charge in [-0.05, 0) is 35.7 Å². The third kappa shape index (κ3) is 4.99. The highest BCUT2D eigenvalue weighted by Crippen LogP contribution is 2.13. The Morgan fingerprint density at radius 3 is 2.71 bits per heavy atom. The molecular formula is C17H21NO2S. The molecule has 0 aliphatic heterocycles. The van der Waals surface area contributed by atoms with E-state index in [2.05, 4.69) is 0 Å². The highest BCUT2D eigenvalue weighted by atomic mass is 32.2. The van der Waals surface area contributed by atoms with E-state index in [4.69, 9.17) is 10.5 Å². The maximum Gasteiger partial charge on any atom is 0.119 e. The largest absolute Gasteiger partial charge is 0.493 e. The van der Waals surface area contributed by atoms with E-state index in [1.54, 1.807) is 0 Å². The molecule has 0 amide bonds. The van der Waals surface area contributed by atoms with Crippen LogP contribution in [0.3, 0.4) is 0 Å². The van der Waals surface area contributed by atoms with Crippen LogP contribution in [0, 0.1) is 6.92 Å². The Hall–Kier alpha value is -1.65. The van der Waals surface area contributed by atoms with Crippen LogP contribution >= 0.6 is 0 Å². The van der Waals surface area contributed by atoms with Gasteiger partial charge in [-0.2, -0.15) is 0 Å². The van der Waals surface area contributed by atoms with Gasteiger partial charge in [0, 0.05) is 23.1 Å². The summed E-state index contributed by atoms with van der Waals surface area (Å²) in [7, 11) is -0.912. The molecule has 0 fully saturated rings. The van der Waals surface area contributed by atoms with Gasteiger partial charge in [0.1, 0.15) is 5.75 Å². The van der Waals surface area contributed by atoms with Gasteiger partial charge in [0.25, 0.3) is 0 Å². The van der Waals surface area contributed by atoms with Crippen LogP contribution in [0.5, 0.6) is 5.75 Å². The van der Waals surface area contributed by atoms with E-state index >= 15 is 0 Å². The first-order chi connectivity index (χ1) is 10.2. The van der Waals surface area contributed by atoms with Crippen LogP contribution in [0.2, 0.25) is 0 Å². The molecule has 4 heteroatoms. The van der Waals surface area contributed by atoms with Crippen molar-refractivity contribution in [2.75, 3.05) is 12.4 Å². The SMILES string of the molecule is Cc1ccccc1CS(=O)CCOc1cccc(CN)c1. The number of ether oxygens (including phenoxy) is 1. The van der Waals surface area contributed by atoms with Crippen molar-refractivity contribution in [2.45, 2.75) is 19.2 Å². The molecular weight excluding hydrogens is 282 g/mol. The van der Waals surface area contributed by atoms with Gasteiger partial charge in [-0.3, -0.25) is 4.21 Å². The van der Waals surface area contributed by atoms with E-state index < -0.39 is 10.8 Å². The summed E-state index contributed by atoms with van der Waals surface area (Å²) in [6, 6.07) is 15.7. The molecule has 0 heterocycles. The average Bonchev–Trinajstić information content (AvgIpc) is 2.50. The smallest absolute Gasteiger partial charge is 0.119 e. The monoisotopic (exact) mass is 303 g/mol. The highest BCUT2D eigenvalue weighted by molar-refractivity contribution is 7.84. The number of hydrogen-bond acceptors (Lipinski definition) is 3. The third-order valence-electron chi connectivity index (χ3n) is 3.29. The lowest BCUT2D eigenvalue weighted by atomic mass is 10.1. The summed E-state index contributed by atoms with van der Waals surface area (Å²) < 4.78 is 17.7. The maximum absolute atomic E-state index is 12.1. The summed E-state index contributed by atoms with van der Waals surface area (Å²) in [6.45, 7) is 2.99. The van der Waals surface area contributed by atoms with Crippen LogP contribution in [0.4, 0.5) is 0 Å². The molecule has 0 aliphatic carbocycles. The topological polar surface area (TPSA) is 52.3 Å². The van der Waals surface area contributed by atoms with Crippen LogP contribution in [-0.4, -0.2) is 16.6 Å². The Balaban J connectivity index is 1.80. The van der Waals surface area contributed by atoms with E-state index in [1.807, 2.05) is 55.5 Å². The molecule has 3 nitrogen and oxygen atoms in total. The average molecular weight is 303 g/mol. The van der Waals surface area contributed by atoms with E-state index in [9.17, 15) is 4.21 Å². The number of benzene rings is 2. The quantitative estimate of drug-likeness (QED) is 0.855. The van der Waals surface area contributed by atoms with Crippen molar-refractivity contribution in [1.82, 2.24) is 0 Å². The van der Waals surface area contributed by atoms with Crippen molar-refractivity contribution in [3.8, 4) is 5.75 Å². The Bertz CT molecular complexity index is 613. The second-order valence-electron chi connectivity index (χ2n) is 4.91. The lowest BCUT2D eigenvalue weighted by molar-refractivity contribution is 0.342. The molecule has 0 aliphatic rings. The second kappa shape index (κ2) is 7.96. The molecule has 2 aromatic carbocycles. The zero-order chi connectivity index (χ0) is 15.1. The highest BCUT2D eigenvalue weighted by Gasteiger charge is 2.05. The molecule has 0 bridgehead atoms. The summed E-state index contributed by atoms with van der Waals surface area (Å²) in [5.41, 5.74) is 8.95. The van der Waals surface area contributed by atoms with Crippen LogP contribution in [0.1, 0.15) is 16.7 Å². The Kier molecular flexibility index (Phi) is 5.96. The van der Waals surface area contributed by atoms with Crippen molar-refractivity contribution in [2.24, 2.45) is 5.73 Å². The van der Waals surface area contributed by atoms with Crippen molar-refractivity contribution < 1.29 is 8.95 Å². The van der Waals surface area contributed by atoms with Gasteiger partial charge in [0.15, 0.2) is 0 Å². The molecule has 21 heavy (non-hydrogen) atoms. The zero-order valence-electron chi connectivity index (χ0n) is 12.2. The zero-order valence-corrected chi connectivity index (χ0v) is 13.1. The predicted molar refractivity (Wildman–Crippen MR) is 87.7 cm³/mol. The summed E-state index contributed by atoms with van der Waals surface area (Å²) in [6.07, 6.45) is 0. The van der Waals surface area contributed by atoms with E-state index in [-0.39, 0.29) is 0 Å². The van der Waals surface area contributed by atoms with E-state index in [0.717, 1.165) is 16.9 Å². The molecule has 0 saturated carbocycles. The predicted octanol–water partition coefficient (Wildman–Crippen LogP) is 2.78. The van der Waals surface area contributed by atoms with Gasteiger partial charge in [-0.25, -0.2) is 0 Å². The normalized spacial score (nSPS) is 12.1. The van der Waals surface area contributed by atoms with Gasteiger partial charge >= 0.3 is 0 Å². The molecule has 2 aromatic rings.